The van der Waals surface area contributed by atoms with Gasteiger partial charge in [-0.25, -0.2) is 0 Å². The number of aromatic nitrogens is 3. The minimum absolute atomic E-state index is 0.119. The Labute approximate surface area is 175 Å². The highest BCUT2D eigenvalue weighted by Gasteiger charge is 2.22. The molecule has 0 bridgehead atoms. The van der Waals surface area contributed by atoms with Gasteiger partial charge in [0.05, 0.1) is 11.8 Å². The third-order valence-corrected chi connectivity index (χ3v) is 6.07. The SMILES string of the molecule is Cc1cccc(C(=O)N[C@@H](C)c2nnc(SCC(=O)N3CCN(C)CC3)n2C)c1. The third kappa shape index (κ3) is 5.36. The van der Waals surface area contributed by atoms with Crippen LogP contribution >= 0.6 is 11.8 Å². The van der Waals surface area contributed by atoms with Crippen molar-refractivity contribution in [3.05, 3.63) is 41.2 Å². The summed E-state index contributed by atoms with van der Waals surface area (Å²) in [5, 5.41) is 12.1. The van der Waals surface area contributed by atoms with Crippen LogP contribution in [0.1, 0.15) is 34.7 Å². The number of piperazine rings is 1. The summed E-state index contributed by atoms with van der Waals surface area (Å²) in [6.07, 6.45) is 0. The molecule has 1 aliphatic heterocycles. The van der Waals surface area contributed by atoms with Crippen LogP contribution in [0.4, 0.5) is 0 Å². The number of aryl methyl sites for hydroxylation is 1. The Morgan fingerprint density at radius 3 is 2.59 bits per heavy atom. The molecule has 1 N–H and O–H groups in total. The lowest BCUT2D eigenvalue weighted by Crippen LogP contribution is -2.47. The summed E-state index contributed by atoms with van der Waals surface area (Å²) in [4.78, 5) is 29.0. The minimum atomic E-state index is -0.303. The summed E-state index contributed by atoms with van der Waals surface area (Å²) in [7, 11) is 3.92. The second kappa shape index (κ2) is 9.41. The molecule has 29 heavy (non-hydrogen) atoms. The van der Waals surface area contributed by atoms with Gasteiger partial charge in [0.15, 0.2) is 11.0 Å². The smallest absolute Gasteiger partial charge is 0.251 e. The van der Waals surface area contributed by atoms with Crippen molar-refractivity contribution in [2.45, 2.75) is 25.0 Å². The number of nitrogens with one attached hydrogen (secondary N) is 1. The maximum absolute atomic E-state index is 12.5. The number of hydrogen-bond donors (Lipinski definition) is 1. The molecule has 0 spiro atoms. The number of carbonyl (C=O) groups excluding carboxylic acids is 2. The van der Waals surface area contributed by atoms with Crippen molar-refractivity contribution in [2.75, 3.05) is 39.0 Å². The van der Waals surface area contributed by atoms with Crippen LogP contribution in [0, 0.1) is 6.92 Å². The normalized spacial score (nSPS) is 15.9. The van der Waals surface area contributed by atoms with E-state index in [0.717, 1.165) is 31.7 Å². The molecule has 3 rings (SSSR count). The fourth-order valence-corrected chi connectivity index (χ4v) is 4.05. The zero-order chi connectivity index (χ0) is 21.0. The maximum Gasteiger partial charge on any atom is 0.251 e. The highest BCUT2D eigenvalue weighted by Crippen LogP contribution is 2.20. The van der Waals surface area contributed by atoms with E-state index in [-0.39, 0.29) is 17.9 Å². The molecule has 1 aromatic heterocycles. The summed E-state index contributed by atoms with van der Waals surface area (Å²) in [6, 6.07) is 7.16. The summed E-state index contributed by atoms with van der Waals surface area (Å²) >= 11 is 1.38. The van der Waals surface area contributed by atoms with Gasteiger partial charge in [-0.3, -0.25) is 9.59 Å². The topological polar surface area (TPSA) is 83.4 Å². The number of rotatable bonds is 6. The Hall–Kier alpha value is -2.39. The second-order valence-electron chi connectivity index (χ2n) is 7.44. The number of thioether (sulfide) groups is 1. The zero-order valence-corrected chi connectivity index (χ0v) is 18.2. The van der Waals surface area contributed by atoms with E-state index in [4.69, 9.17) is 0 Å². The van der Waals surface area contributed by atoms with Gasteiger partial charge in [-0.2, -0.15) is 0 Å². The van der Waals surface area contributed by atoms with Gasteiger partial charge in [-0.1, -0.05) is 29.5 Å². The molecule has 9 heteroatoms. The van der Waals surface area contributed by atoms with Crippen LogP contribution in [0.3, 0.4) is 0 Å². The van der Waals surface area contributed by atoms with Crippen LogP contribution in [0.25, 0.3) is 0 Å². The number of nitrogens with zero attached hydrogens (tertiary/aromatic N) is 5. The monoisotopic (exact) mass is 416 g/mol. The molecule has 1 aliphatic rings. The Bertz CT molecular complexity index is 876. The molecule has 1 aromatic carbocycles. The van der Waals surface area contributed by atoms with Crippen molar-refractivity contribution >= 4 is 23.6 Å². The van der Waals surface area contributed by atoms with E-state index >= 15 is 0 Å². The number of carbonyl (C=O) groups is 2. The standard InChI is InChI=1S/C20H28N6O2S/c1-14-6-5-7-16(12-14)19(28)21-15(2)18-22-23-20(25(18)4)29-13-17(27)26-10-8-24(3)9-11-26/h5-7,12,15H,8-11,13H2,1-4H3,(H,21,28)/t15-/m0/s1. The fraction of sp³-hybridized carbons (Fsp3) is 0.500. The fourth-order valence-electron chi connectivity index (χ4n) is 3.23. The van der Waals surface area contributed by atoms with E-state index in [9.17, 15) is 9.59 Å². The summed E-state index contributed by atoms with van der Waals surface area (Å²) in [5.74, 6) is 0.956. The molecule has 2 aromatic rings. The van der Waals surface area contributed by atoms with E-state index in [0.29, 0.717) is 22.3 Å². The molecule has 0 unspecified atom stereocenters. The van der Waals surface area contributed by atoms with Crippen LogP contribution in [0.15, 0.2) is 29.4 Å². The number of likely N-dealkylation sites (N-methyl/N-ethyl adjacent to an activating group) is 1. The molecule has 1 saturated heterocycles. The molecule has 1 atom stereocenters. The Balaban J connectivity index is 1.57. The molecule has 0 saturated carbocycles. The molecule has 0 radical (unpaired) electrons. The van der Waals surface area contributed by atoms with Gasteiger partial charge < -0.3 is 19.7 Å². The van der Waals surface area contributed by atoms with E-state index in [1.165, 1.54) is 11.8 Å². The Morgan fingerprint density at radius 2 is 1.90 bits per heavy atom. The molecule has 8 nitrogen and oxygen atoms in total. The molecular weight excluding hydrogens is 388 g/mol. The Morgan fingerprint density at radius 1 is 1.17 bits per heavy atom. The van der Waals surface area contributed by atoms with Crippen molar-refractivity contribution in [3.8, 4) is 0 Å². The van der Waals surface area contributed by atoms with E-state index < -0.39 is 0 Å². The second-order valence-corrected chi connectivity index (χ2v) is 8.38. The van der Waals surface area contributed by atoms with Crippen molar-refractivity contribution in [1.82, 2.24) is 29.9 Å². The average molecular weight is 417 g/mol. The van der Waals surface area contributed by atoms with Gasteiger partial charge >= 0.3 is 0 Å². The predicted octanol–water partition coefficient (Wildman–Crippen LogP) is 1.48. The first-order valence-corrected chi connectivity index (χ1v) is 10.7. The first-order chi connectivity index (χ1) is 13.8. The van der Waals surface area contributed by atoms with Gasteiger partial charge in [-0.05, 0) is 33.0 Å². The van der Waals surface area contributed by atoms with Crippen LogP contribution in [-0.2, 0) is 11.8 Å². The molecule has 2 heterocycles. The summed E-state index contributed by atoms with van der Waals surface area (Å²) in [6.45, 7) is 7.17. The van der Waals surface area contributed by atoms with E-state index in [1.807, 2.05) is 48.6 Å². The quantitative estimate of drug-likeness (QED) is 0.719. The number of benzene rings is 1. The minimum Gasteiger partial charge on any atom is -0.342 e. The van der Waals surface area contributed by atoms with Crippen molar-refractivity contribution in [3.63, 3.8) is 0 Å². The van der Waals surface area contributed by atoms with Gasteiger partial charge in [0, 0.05) is 38.8 Å². The van der Waals surface area contributed by atoms with Crippen molar-refractivity contribution in [2.24, 2.45) is 7.05 Å². The number of amides is 2. The molecule has 156 valence electrons. The molecule has 0 aliphatic carbocycles. The van der Waals surface area contributed by atoms with Crippen molar-refractivity contribution < 1.29 is 9.59 Å². The highest BCUT2D eigenvalue weighted by molar-refractivity contribution is 7.99. The lowest BCUT2D eigenvalue weighted by Gasteiger charge is -2.32. The molecular formula is C20H28N6O2S. The number of hydrogen-bond acceptors (Lipinski definition) is 6. The lowest BCUT2D eigenvalue weighted by atomic mass is 10.1. The van der Waals surface area contributed by atoms with E-state index in [2.05, 4.69) is 27.5 Å². The van der Waals surface area contributed by atoms with Gasteiger partial charge in [0.2, 0.25) is 5.91 Å². The highest BCUT2D eigenvalue weighted by atomic mass is 32.2. The first kappa shape index (κ1) is 21.3. The molecule has 2 amide bonds. The van der Waals surface area contributed by atoms with Crippen LogP contribution in [0.2, 0.25) is 0 Å². The third-order valence-electron chi connectivity index (χ3n) is 5.06. The van der Waals surface area contributed by atoms with Crippen molar-refractivity contribution in [1.29, 1.82) is 0 Å². The lowest BCUT2D eigenvalue weighted by molar-refractivity contribution is -0.129. The maximum atomic E-state index is 12.5. The Kier molecular flexibility index (Phi) is 6.92. The van der Waals surface area contributed by atoms with Crippen LogP contribution < -0.4 is 5.32 Å². The van der Waals surface area contributed by atoms with Gasteiger partial charge in [0.1, 0.15) is 0 Å². The van der Waals surface area contributed by atoms with Gasteiger partial charge in [-0.15, -0.1) is 10.2 Å². The summed E-state index contributed by atoms with van der Waals surface area (Å²) in [5.41, 5.74) is 1.65. The predicted molar refractivity (Wildman–Crippen MR) is 113 cm³/mol. The van der Waals surface area contributed by atoms with Crippen LogP contribution in [0.5, 0.6) is 0 Å². The zero-order valence-electron chi connectivity index (χ0n) is 17.4. The first-order valence-electron chi connectivity index (χ1n) is 9.71. The van der Waals surface area contributed by atoms with E-state index in [1.54, 1.807) is 6.07 Å². The average Bonchev–Trinajstić information content (AvgIpc) is 3.07. The summed E-state index contributed by atoms with van der Waals surface area (Å²) < 4.78 is 1.84. The van der Waals surface area contributed by atoms with Gasteiger partial charge in [0.25, 0.3) is 5.91 Å². The largest absolute Gasteiger partial charge is 0.342 e. The molecule has 1 fully saturated rings. The van der Waals surface area contributed by atoms with Crippen LogP contribution in [-0.4, -0.2) is 75.4 Å².